The summed E-state index contributed by atoms with van der Waals surface area (Å²) in [6.45, 7) is 13.8. The number of hydrogen-bond acceptors (Lipinski definition) is 6. The lowest BCUT2D eigenvalue weighted by Crippen LogP contribution is -2.50. The molecule has 0 radical (unpaired) electrons. The number of nitrogens with zero attached hydrogens (tertiary/aromatic N) is 1. The van der Waals surface area contributed by atoms with Crippen molar-refractivity contribution >= 4 is 28.5 Å². The molecule has 0 aliphatic heterocycles. The SMILES string of the molecule is CCN(CC)c1ccc2cc(C(=O)NCCNC(=O)CC[C@@H](C)[C@H]3CC[C@H]4[C@@H]5CC=C6CC(O)CC[C@]6(C)[C@H]5CC[C@]34C)c(=O)oc2c1. The van der Waals surface area contributed by atoms with Gasteiger partial charge >= 0.3 is 5.63 Å². The van der Waals surface area contributed by atoms with E-state index in [0.29, 0.717) is 41.2 Å². The van der Waals surface area contributed by atoms with Crippen molar-refractivity contribution in [3.05, 3.63) is 51.9 Å². The van der Waals surface area contributed by atoms with Crippen molar-refractivity contribution < 1.29 is 19.1 Å². The molecule has 0 bridgehead atoms. The van der Waals surface area contributed by atoms with Crippen LogP contribution in [0.4, 0.5) is 5.69 Å². The number of hydrogen-bond donors (Lipinski definition) is 3. The van der Waals surface area contributed by atoms with Crippen LogP contribution in [0.5, 0.6) is 0 Å². The summed E-state index contributed by atoms with van der Waals surface area (Å²) in [6, 6.07) is 7.25. The average Bonchev–Trinajstić information content (AvgIpc) is 3.43. The Balaban J connectivity index is 0.964. The summed E-state index contributed by atoms with van der Waals surface area (Å²) < 4.78 is 5.51. The van der Waals surface area contributed by atoms with Crippen LogP contribution in [0.25, 0.3) is 11.0 Å². The summed E-state index contributed by atoms with van der Waals surface area (Å²) in [7, 11) is 0. The van der Waals surface area contributed by atoms with E-state index in [-0.39, 0.29) is 29.5 Å². The van der Waals surface area contributed by atoms with E-state index in [0.717, 1.165) is 62.2 Å². The molecule has 4 aliphatic rings. The number of fused-ring (bicyclic) bond motifs is 6. The fourth-order valence-corrected chi connectivity index (χ4v) is 10.8. The molecule has 3 N–H and O–H groups in total. The number of anilines is 1. The Labute approximate surface area is 286 Å². The van der Waals surface area contributed by atoms with Gasteiger partial charge in [-0.3, -0.25) is 9.59 Å². The van der Waals surface area contributed by atoms with Gasteiger partial charge in [0.15, 0.2) is 0 Å². The molecule has 3 fully saturated rings. The van der Waals surface area contributed by atoms with E-state index < -0.39 is 11.5 Å². The minimum atomic E-state index is -0.668. The van der Waals surface area contributed by atoms with Gasteiger partial charge in [0.1, 0.15) is 11.1 Å². The molecule has 0 saturated heterocycles. The van der Waals surface area contributed by atoms with Crippen LogP contribution in [0.15, 0.2) is 45.1 Å². The van der Waals surface area contributed by atoms with Crippen LogP contribution in [0.3, 0.4) is 0 Å². The first-order valence-electron chi connectivity index (χ1n) is 18.7. The third-order valence-electron chi connectivity index (χ3n) is 13.5. The number of amides is 2. The molecule has 2 aromatic rings. The smallest absolute Gasteiger partial charge is 0.349 e. The number of nitrogens with one attached hydrogen (secondary N) is 2. The molecule has 1 heterocycles. The summed E-state index contributed by atoms with van der Waals surface area (Å²) in [5.41, 5.74) is 2.85. The third kappa shape index (κ3) is 6.46. The number of carbonyl (C=O) groups is 2. The second kappa shape index (κ2) is 14.0. The largest absolute Gasteiger partial charge is 0.422 e. The molecule has 8 atom stereocenters. The van der Waals surface area contributed by atoms with Crippen molar-refractivity contribution in [1.82, 2.24) is 10.6 Å². The molecule has 2 amide bonds. The predicted octanol–water partition coefficient (Wildman–Crippen LogP) is 6.84. The van der Waals surface area contributed by atoms with Gasteiger partial charge in [-0.1, -0.05) is 32.4 Å². The molecule has 8 heteroatoms. The summed E-state index contributed by atoms with van der Waals surface area (Å²) in [4.78, 5) is 40.4. The van der Waals surface area contributed by atoms with E-state index in [1.165, 1.54) is 37.7 Å². The van der Waals surface area contributed by atoms with Gasteiger partial charge < -0.3 is 25.1 Å². The van der Waals surface area contributed by atoms with Crippen molar-refractivity contribution in [3.63, 3.8) is 0 Å². The Morgan fingerprint density at radius 3 is 2.56 bits per heavy atom. The third-order valence-corrected chi connectivity index (χ3v) is 13.5. The van der Waals surface area contributed by atoms with Crippen LogP contribution in [0.1, 0.15) is 109 Å². The fraction of sp³-hybridized carbons (Fsp3) is 0.675. The maximum absolute atomic E-state index is 12.8. The quantitative estimate of drug-likeness (QED) is 0.138. The van der Waals surface area contributed by atoms with Gasteiger partial charge in [-0.15, -0.1) is 0 Å². The second-order valence-electron chi connectivity index (χ2n) is 15.8. The van der Waals surface area contributed by atoms with Crippen molar-refractivity contribution in [2.45, 2.75) is 105 Å². The highest BCUT2D eigenvalue weighted by Gasteiger charge is 2.59. The number of allylic oxidation sites excluding steroid dienone is 1. The van der Waals surface area contributed by atoms with Gasteiger partial charge in [-0.2, -0.15) is 0 Å². The molecule has 4 aliphatic carbocycles. The van der Waals surface area contributed by atoms with Crippen LogP contribution in [0.2, 0.25) is 0 Å². The van der Waals surface area contributed by atoms with Crippen molar-refractivity contribution in [3.8, 4) is 0 Å². The summed E-state index contributed by atoms with van der Waals surface area (Å²) in [5, 5.41) is 16.7. The standard InChI is InChI=1S/C40H57N3O5/c1-6-43(7-2)28-11-9-26-22-31(38(47)48-35(26)24-28)37(46)42-21-20-41-36(45)15-8-25(3)32-13-14-33-30-12-10-27-23-29(44)16-18-39(27,4)34(30)17-19-40(32,33)5/h9-11,22,24-25,29-30,32-34,44H,6-8,12-21,23H2,1-5H3,(H,41,45)(H,42,46)/t25-,29?,30+,32-,33+,34+,39+,40-/m1/s1. The Morgan fingerprint density at radius 2 is 1.79 bits per heavy atom. The minimum absolute atomic E-state index is 0.00564. The van der Waals surface area contributed by atoms with E-state index >= 15 is 0 Å². The average molecular weight is 660 g/mol. The molecule has 1 aromatic heterocycles. The molecule has 48 heavy (non-hydrogen) atoms. The lowest BCUT2D eigenvalue weighted by molar-refractivity contribution is -0.121. The van der Waals surface area contributed by atoms with Crippen LogP contribution >= 0.6 is 0 Å². The first-order valence-corrected chi connectivity index (χ1v) is 18.7. The molecule has 1 aromatic carbocycles. The van der Waals surface area contributed by atoms with Gasteiger partial charge in [-0.25, -0.2) is 4.79 Å². The molecule has 3 saturated carbocycles. The zero-order valence-electron chi connectivity index (χ0n) is 29.8. The summed E-state index contributed by atoms with van der Waals surface area (Å²) in [6.07, 6.45) is 12.9. The molecular weight excluding hydrogens is 602 g/mol. The molecule has 8 nitrogen and oxygen atoms in total. The van der Waals surface area contributed by atoms with E-state index in [4.69, 9.17) is 4.42 Å². The highest BCUT2D eigenvalue weighted by Crippen LogP contribution is 2.67. The van der Waals surface area contributed by atoms with Crippen molar-refractivity contribution in [2.24, 2.45) is 40.4 Å². The van der Waals surface area contributed by atoms with Gasteiger partial charge in [-0.05, 0) is 130 Å². The first-order chi connectivity index (χ1) is 23.0. The fourth-order valence-electron chi connectivity index (χ4n) is 10.8. The number of benzene rings is 1. The Hall–Kier alpha value is -3.13. The molecule has 0 spiro atoms. The predicted molar refractivity (Wildman–Crippen MR) is 191 cm³/mol. The van der Waals surface area contributed by atoms with E-state index in [1.54, 1.807) is 6.07 Å². The van der Waals surface area contributed by atoms with Crippen molar-refractivity contribution in [2.75, 3.05) is 31.1 Å². The Morgan fingerprint density at radius 1 is 1.02 bits per heavy atom. The zero-order valence-corrected chi connectivity index (χ0v) is 29.8. The molecule has 262 valence electrons. The highest BCUT2D eigenvalue weighted by atomic mass is 16.4. The summed E-state index contributed by atoms with van der Waals surface area (Å²) >= 11 is 0. The summed E-state index contributed by atoms with van der Waals surface area (Å²) in [5.74, 6) is 2.86. The van der Waals surface area contributed by atoms with Crippen LogP contribution in [-0.4, -0.2) is 49.2 Å². The number of carbonyl (C=O) groups excluding carboxylic acids is 2. The lowest BCUT2D eigenvalue weighted by Gasteiger charge is -2.58. The molecular formula is C40H57N3O5. The number of aliphatic hydroxyl groups excluding tert-OH is 1. The maximum atomic E-state index is 12.8. The van der Waals surface area contributed by atoms with Gasteiger partial charge in [0, 0.05) is 49.7 Å². The van der Waals surface area contributed by atoms with Crippen LogP contribution in [-0.2, 0) is 4.79 Å². The monoisotopic (exact) mass is 659 g/mol. The molecule has 6 rings (SSSR count). The van der Waals surface area contributed by atoms with E-state index in [2.05, 4.69) is 56.2 Å². The van der Waals surface area contributed by atoms with Crippen LogP contribution in [0, 0.1) is 40.4 Å². The van der Waals surface area contributed by atoms with Gasteiger partial charge in [0.25, 0.3) is 5.91 Å². The zero-order chi connectivity index (χ0) is 34.2. The Bertz CT molecular complexity index is 1590. The van der Waals surface area contributed by atoms with Crippen molar-refractivity contribution in [1.29, 1.82) is 0 Å². The minimum Gasteiger partial charge on any atom is -0.422 e. The van der Waals surface area contributed by atoms with Gasteiger partial charge in [0.2, 0.25) is 5.91 Å². The number of aliphatic hydroxyl groups is 1. The first kappa shape index (κ1) is 34.7. The second-order valence-corrected chi connectivity index (χ2v) is 15.8. The van der Waals surface area contributed by atoms with E-state index in [1.807, 2.05) is 18.2 Å². The van der Waals surface area contributed by atoms with E-state index in [9.17, 15) is 19.5 Å². The topological polar surface area (TPSA) is 112 Å². The van der Waals surface area contributed by atoms with Crippen LogP contribution < -0.4 is 21.2 Å². The highest BCUT2D eigenvalue weighted by molar-refractivity contribution is 5.97. The Kier molecular flexibility index (Phi) is 10.1. The lowest BCUT2D eigenvalue weighted by atomic mass is 9.47. The number of rotatable bonds is 11. The normalized spacial score (nSPS) is 31.6. The molecule has 1 unspecified atom stereocenters. The maximum Gasteiger partial charge on any atom is 0.349 e. The van der Waals surface area contributed by atoms with Gasteiger partial charge in [0.05, 0.1) is 6.10 Å².